The zero-order valence-electron chi connectivity index (χ0n) is 38.3. The summed E-state index contributed by atoms with van der Waals surface area (Å²) in [7, 11) is 0. The Morgan fingerprint density at radius 3 is 1.93 bits per heavy atom. The number of carbonyl (C=O) groups is 4. The van der Waals surface area contributed by atoms with Crippen LogP contribution in [0.15, 0.2) is 0 Å². The summed E-state index contributed by atoms with van der Waals surface area (Å²) < 4.78 is 28.4. The summed E-state index contributed by atoms with van der Waals surface area (Å²) in [4.78, 5) is 48.4. The van der Waals surface area contributed by atoms with Gasteiger partial charge in [-0.15, -0.1) is 0 Å². The second-order valence-electron chi connectivity index (χ2n) is 23.0. The Morgan fingerprint density at radius 1 is 0.746 bits per heavy atom. The van der Waals surface area contributed by atoms with E-state index in [1.54, 1.807) is 0 Å². The van der Waals surface area contributed by atoms with Crippen LogP contribution in [0.1, 0.15) is 185 Å². The molecular formula is C49H78O10. The fourth-order valence-corrected chi connectivity index (χ4v) is 13.6. The molecule has 7 saturated carbocycles. The first-order chi connectivity index (χ1) is 27.6. The maximum atomic E-state index is 12.5. The monoisotopic (exact) mass is 827 g/mol. The van der Waals surface area contributed by atoms with Crippen LogP contribution in [0, 0.1) is 56.7 Å². The summed E-state index contributed by atoms with van der Waals surface area (Å²) in [5, 5.41) is 10.6. The molecule has 0 aromatic carbocycles. The lowest BCUT2D eigenvalue weighted by Crippen LogP contribution is -2.61. The van der Waals surface area contributed by atoms with Gasteiger partial charge in [0, 0.05) is 11.8 Å². The van der Waals surface area contributed by atoms with Crippen molar-refractivity contribution >= 4 is 23.9 Å². The van der Waals surface area contributed by atoms with Crippen molar-refractivity contribution in [3.05, 3.63) is 0 Å². The van der Waals surface area contributed by atoms with Gasteiger partial charge in [-0.3, -0.25) is 19.2 Å². The summed E-state index contributed by atoms with van der Waals surface area (Å²) in [6, 6.07) is 0. The predicted molar refractivity (Wildman–Crippen MR) is 223 cm³/mol. The van der Waals surface area contributed by atoms with Gasteiger partial charge in [-0.2, -0.15) is 0 Å². The molecule has 0 radical (unpaired) electrons. The minimum Gasteiger partial charge on any atom is -0.465 e. The summed E-state index contributed by atoms with van der Waals surface area (Å²) in [5.74, 6) is 2.33. The highest BCUT2D eigenvalue weighted by atomic mass is 16.7. The van der Waals surface area contributed by atoms with Gasteiger partial charge in [0.1, 0.15) is 11.7 Å². The smallest absolute Gasteiger partial charge is 0.312 e. The van der Waals surface area contributed by atoms with Crippen LogP contribution in [0.3, 0.4) is 0 Å². The molecule has 10 rings (SSSR count). The molecule has 10 fully saturated rings. The molecular weight excluding hydrogens is 749 g/mol. The van der Waals surface area contributed by atoms with E-state index in [2.05, 4.69) is 13.8 Å². The molecule has 334 valence electrons. The summed E-state index contributed by atoms with van der Waals surface area (Å²) in [5.41, 5.74) is -1.40. The van der Waals surface area contributed by atoms with Crippen molar-refractivity contribution in [3.63, 3.8) is 0 Å². The molecule has 10 nitrogen and oxygen atoms in total. The molecule has 3 saturated heterocycles. The third-order valence-corrected chi connectivity index (χ3v) is 18.1. The molecule has 0 aromatic rings. The van der Waals surface area contributed by atoms with Gasteiger partial charge in [-0.05, 0) is 167 Å². The first-order valence-corrected chi connectivity index (χ1v) is 23.8. The zero-order chi connectivity index (χ0) is 43.0. The van der Waals surface area contributed by atoms with Crippen LogP contribution >= 0.6 is 0 Å². The number of hydrogen-bond acceptors (Lipinski definition) is 10. The molecule has 0 amide bonds. The van der Waals surface area contributed by atoms with Crippen LogP contribution in [0.25, 0.3) is 0 Å². The van der Waals surface area contributed by atoms with E-state index < -0.39 is 28.6 Å². The largest absolute Gasteiger partial charge is 0.465 e. The van der Waals surface area contributed by atoms with Crippen LogP contribution in [0.2, 0.25) is 0 Å². The normalized spacial score (nSPS) is 41.9. The van der Waals surface area contributed by atoms with E-state index in [0.29, 0.717) is 43.1 Å². The average Bonchev–Trinajstić information content (AvgIpc) is 4.03. The van der Waals surface area contributed by atoms with Crippen molar-refractivity contribution in [1.29, 1.82) is 0 Å². The molecule has 8 bridgehead atoms. The van der Waals surface area contributed by atoms with Crippen molar-refractivity contribution < 1.29 is 48.0 Å². The third kappa shape index (κ3) is 8.03. The molecule has 0 aromatic heterocycles. The quantitative estimate of drug-likeness (QED) is 0.159. The molecule has 10 heteroatoms. The predicted octanol–water partition coefficient (Wildman–Crippen LogP) is 9.45. The van der Waals surface area contributed by atoms with Crippen LogP contribution < -0.4 is 0 Å². The zero-order valence-corrected chi connectivity index (χ0v) is 38.3. The van der Waals surface area contributed by atoms with Gasteiger partial charge >= 0.3 is 23.9 Å². The standard InChI is InChI=1S/C20H34O2.C16H26O3.C13H18O5/c1-5-18(3,4)17(21)22-14-19(6-2)10-7-11-20(19)13-15-8-9-16(20)12-15;1-4-14(2,3)13(17)19-16-8-11-5-12(9-16)7-15(18,6-11)10-16;1-4-13(2,3)12(15)18-9-7-5-6-8(16-7)10(9)17-11(6)14/h15-16H,5-14H2,1-4H3;11-12,18H,4-10H2,1-3H3;6-10H,4-5H2,1-3H3/t15-,16+,19?,20+;;/m1../s1. The highest BCUT2D eigenvalue weighted by molar-refractivity contribution is 5.79. The topological polar surface area (TPSA) is 135 Å². The number of carbonyl (C=O) groups excluding carboxylic acids is 4. The molecule has 11 atom stereocenters. The van der Waals surface area contributed by atoms with E-state index in [-0.39, 0.29) is 58.4 Å². The lowest BCUT2D eigenvalue weighted by Gasteiger charge is -2.59. The Balaban J connectivity index is 0.000000135. The van der Waals surface area contributed by atoms with Crippen molar-refractivity contribution in [1.82, 2.24) is 0 Å². The van der Waals surface area contributed by atoms with Gasteiger partial charge < -0.3 is 28.8 Å². The van der Waals surface area contributed by atoms with Crippen LogP contribution in [-0.4, -0.2) is 71.2 Å². The molecule has 7 aliphatic carbocycles. The molecule has 10 aliphatic rings. The van der Waals surface area contributed by atoms with Crippen molar-refractivity contribution in [2.75, 3.05) is 6.61 Å². The fourth-order valence-electron chi connectivity index (χ4n) is 13.6. The molecule has 8 unspecified atom stereocenters. The van der Waals surface area contributed by atoms with Crippen LogP contribution in [0.4, 0.5) is 0 Å². The van der Waals surface area contributed by atoms with Gasteiger partial charge in [0.25, 0.3) is 0 Å². The van der Waals surface area contributed by atoms with E-state index in [1.165, 1.54) is 57.8 Å². The van der Waals surface area contributed by atoms with Crippen molar-refractivity contribution in [3.8, 4) is 0 Å². The second kappa shape index (κ2) is 15.9. The Labute approximate surface area is 354 Å². The minimum absolute atomic E-state index is 0.00744. The first-order valence-electron chi connectivity index (χ1n) is 23.8. The lowest BCUT2D eigenvalue weighted by molar-refractivity contribution is -0.225. The van der Waals surface area contributed by atoms with Crippen LogP contribution in [-0.2, 0) is 42.9 Å². The molecule has 3 heterocycles. The number of ether oxygens (including phenoxy) is 5. The summed E-state index contributed by atoms with van der Waals surface area (Å²) >= 11 is 0. The minimum atomic E-state index is -0.555. The van der Waals surface area contributed by atoms with Gasteiger partial charge in [-0.1, -0.05) is 40.5 Å². The lowest BCUT2D eigenvalue weighted by atomic mass is 9.52. The Hall–Kier alpha value is -2.20. The second-order valence-corrected chi connectivity index (χ2v) is 23.0. The van der Waals surface area contributed by atoms with E-state index in [4.69, 9.17) is 23.7 Å². The van der Waals surface area contributed by atoms with Crippen LogP contribution in [0.5, 0.6) is 0 Å². The Bertz CT molecular complexity index is 1600. The summed E-state index contributed by atoms with van der Waals surface area (Å²) in [6.45, 7) is 20.7. The molecule has 1 N–H and O–H groups in total. The highest BCUT2D eigenvalue weighted by Gasteiger charge is 2.66. The Morgan fingerprint density at radius 2 is 1.37 bits per heavy atom. The average molecular weight is 827 g/mol. The number of esters is 4. The number of rotatable bonds is 11. The fraction of sp³-hybridized carbons (Fsp3) is 0.918. The van der Waals surface area contributed by atoms with E-state index in [1.807, 2.05) is 55.4 Å². The van der Waals surface area contributed by atoms with Gasteiger partial charge in [0.2, 0.25) is 0 Å². The number of aliphatic hydroxyl groups is 1. The maximum absolute atomic E-state index is 12.5. The van der Waals surface area contributed by atoms with Gasteiger partial charge in [0.15, 0.2) is 12.2 Å². The Kier molecular flexibility index (Phi) is 12.1. The third-order valence-electron chi connectivity index (χ3n) is 18.1. The van der Waals surface area contributed by atoms with E-state index in [0.717, 1.165) is 50.4 Å². The van der Waals surface area contributed by atoms with E-state index in [9.17, 15) is 24.3 Å². The van der Waals surface area contributed by atoms with E-state index >= 15 is 0 Å². The number of hydrogen-bond donors (Lipinski definition) is 1. The SMILES string of the molecule is CCC(C)(C)C(=O)OC12CC3CC(CC(O)(C3)C1)C2.CCC(C)(C)C(=O)OC1C2CC3C(=O)OC1C3O2.CCC(C)(C)C(=O)OCC1(CC)CCC[C@@]12C[C@@H]1CC[C@H]2C1. The summed E-state index contributed by atoms with van der Waals surface area (Å²) in [6.07, 6.45) is 18.4. The molecule has 1 spiro atoms. The first kappa shape index (κ1) is 44.8. The van der Waals surface area contributed by atoms with Gasteiger partial charge in [0.05, 0.1) is 40.5 Å². The molecule has 3 aliphatic heterocycles. The molecule has 59 heavy (non-hydrogen) atoms. The van der Waals surface area contributed by atoms with Crippen molar-refractivity contribution in [2.45, 2.75) is 220 Å². The number of fused-ring (bicyclic) bond motifs is 4. The highest BCUT2D eigenvalue weighted by Crippen LogP contribution is 2.70. The maximum Gasteiger partial charge on any atom is 0.312 e. The van der Waals surface area contributed by atoms with Gasteiger partial charge in [-0.25, -0.2) is 0 Å². The van der Waals surface area contributed by atoms with Crippen molar-refractivity contribution in [2.24, 2.45) is 56.7 Å².